The van der Waals surface area contributed by atoms with Crippen molar-refractivity contribution in [2.45, 2.75) is 65.1 Å². The fourth-order valence-corrected chi connectivity index (χ4v) is 2.90. The summed E-state index contributed by atoms with van der Waals surface area (Å²) in [7, 11) is 0. The summed E-state index contributed by atoms with van der Waals surface area (Å²) in [6.45, 7) is 6.92. The van der Waals surface area contributed by atoms with Gasteiger partial charge >= 0.3 is 0 Å². The van der Waals surface area contributed by atoms with Crippen molar-refractivity contribution in [2.75, 3.05) is 6.61 Å². The number of rotatable bonds is 5. The Morgan fingerprint density at radius 2 is 1.93 bits per heavy atom. The van der Waals surface area contributed by atoms with E-state index in [0.29, 0.717) is 18.4 Å². The second-order valence-electron chi connectivity index (χ2n) is 4.77. The zero-order valence-corrected chi connectivity index (χ0v) is 10.4. The average molecular weight is 214 g/mol. The molecule has 1 saturated carbocycles. The Morgan fingerprint density at radius 1 is 1.27 bits per heavy atom. The molecule has 1 rings (SSSR count). The number of hydrogen-bond donors (Lipinski definition) is 1. The number of hydrogen-bond acceptors (Lipinski definition) is 2. The molecule has 0 aromatic heterocycles. The molecule has 1 aliphatic rings. The summed E-state index contributed by atoms with van der Waals surface area (Å²) >= 11 is 0. The van der Waals surface area contributed by atoms with E-state index in [0.717, 1.165) is 0 Å². The molecule has 0 heterocycles. The Morgan fingerprint density at radius 3 is 2.53 bits per heavy atom. The first-order valence-electron chi connectivity index (χ1n) is 6.50. The standard InChI is InChI=1S/C13H26O2/c1-4-11-8-6-7-9-12(11)13(14)10(3)15-5-2/h10-14H,4-9H2,1-3H3. The van der Waals surface area contributed by atoms with E-state index in [2.05, 4.69) is 6.92 Å². The molecule has 0 spiro atoms. The molecule has 15 heavy (non-hydrogen) atoms. The first-order valence-corrected chi connectivity index (χ1v) is 6.50. The maximum absolute atomic E-state index is 10.3. The fourth-order valence-electron chi connectivity index (χ4n) is 2.90. The van der Waals surface area contributed by atoms with E-state index in [4.69, 9.17) is 4.74 Å². The lowest BCUT2D eigenvalue weighted by atomic mass is 9.74. The van der Waals surface area contributed by atoms with Crippen LogP contribution in [0.15, 0.2) is 0 Å². The molecule has 2 nitrogen and oxygen atoms in total. The summed E-state index contributed by atoms with van der Waals surface area (Å²) in [5, 5.41) is 10.3. The molecule has 4 unspecified atom stereocenters. The summed E-state index contributed by atoms with van der Waals surface area (Å²) in [4.78, 5) is 0. The van der Waals surface area contributed by atoms with Crippen LogP contribution in [0, 0.1) is 11.8 Å². The van der Waals surface area contributed by atoms with E-state index >= 15 is 0 Å². The van der Waals surface area contributed by atoms with E-state index in [9.17, 15) is 5.11 Å². The monoisotopic (exact) mass is 214 g/mol. The lowest BCUT2D eigenvalue weighted by molar-refractivity contribution is -0.0692. The van der Waals surface area contributed by atoms with Crippen molar-refractivity contribution in [3.8, 4) is 0 Å². The highest BCUT2D eigenvalue weighted by Crippen LogP contribution is 2.35. The van der Waals surface area contributed by atoms with Crippen LogP contribution >= 0.6 is 0 Å². The molecular weight excluding hydrogens is 188 g/mol. The lowest BCUT2D eigenvalue weighted by Crippen LogP contribution is -2.38. The number of ether oxygens (including phenoxy) is 1. The summed E-state index contributed by atoms with van der Waals surface area (Å²) in [6.07, 6.45) is 6.00. The smallest absolute Gasteiger partial charge is 0.0829 e. The predicted molar refractivity (Wildman–Crippen MR) is 62.8 cm³/mol. The van der Waals surface area contributed by atoms with Crippen molar-refractivity contribution in [3.05, 3.63) is 0 Å². The van der Waals surface area contributed by atoms with Crippen molar-refractivity contribution in [1.82, 2.24) is 0 Å². The van der Waals surface area contributed by atoms with Crippen LogP contribution in [0.1, 0.15) is 52.9 Å². The van der Waals surface area contributed by atoms with Crippen molar-refractivity contribution >= 4 is 0 Å². The van der Waals surface area contributed by atoms with Gasteiger partial charge in [-0.15, -0.1) is 0 Å². The molecule has 0 aliphatic heterocycles. The first kappa shape index (κ1) is 13.0. The van der Waals surface area contributed by atoms with Gasteiger partial charge in [0.25, 0.3) is 0 Å². The van der Waals surface area contributed by atoms with Gasteiger partial charge in [0, 0.05) is 6.61 Å². The molecule has 1 aliphatic carbocycles. The van der Waals surface area contributed by atoms with E-state index < -0.39 is 0 Å². The first-order chi connectivity index (χ1) is 7.20. The van der Waals surface area contributed by atoms with E-state index in [1.165, 1.54) is 32.1 Å². The van der Waals surface area contributed by atoms with Crippen LogP contribution < -0.4 is 0 Å². The van der Waals surface area contributed by atoms with Crippen LogP contribution in [-0.2, 0) is 4.74 Å². The Kier molecular flexibility index (Phi) is 5.62. The molecule has 0 aromatic rings. The molecule has 4 atom stereocenters. The van der Waals surface area contributed by atoms with Gasteiger partial charge in [0.15, 0.2) is 0 Å². The highest BCUT2D eigenvalue weighted by Gasteiger charge is 2.32. The largest absolute Gasteiger partial charge is 0.390 e. The minimum absolute atomic E-state index is 0.00727. The van der Waals surface area contributed by atoms with Gasteiger partial charge in [0.1, 0.15) is 0 Å². The van der Waals surface area contributed by atoms with Gasteiger partial charge < -0.3 is 9.84 Å². The Hall–Kier alpha value is -0.0800. The molecule has 1 N–H and O–H groups in total. The third-order valence-electron chi connectivity index (χ3n) is 3.84. The molecule has 0 aromatic carbocycles. The summed E-state index contributed by atoms with van der Waals surface area (Å²) < 4.78 is 5.50. The van der Waals surface area contributed by atoms with Crippen molar-refractivity contribution in [1.29, 1.82) is 0 Å². The SMILES string of the molecule is CCOC(C)C(O)C1CCCCC1CC. The second-order valence-corrected chi connectivity index (χ2v) is 4.77. The quantitative estimate of drug-likeness (QED) is 0.762. The van der Waals surface area contributed by atoms with Crippen LogP contribution in [-0.4, -0.2) is 23.9 Å². The van der Waals surface area contributed by atoms with Crippen molar-refractivity contribution < 1.29 is 9.84 Å². The highest BCUT2D eigenvalue weighted by atomic mass is 16.5. The summed E-state index contributed by atoms with van der Waals surface area (Å²) in [5.74, 6) is 1.17. The van der Waals surface area contributed by atoms with Crippen molar-refractivity contribution in [3.63, 3.8) is 0 Å². The molecule has 0 amide bonds. The van der Waals surface area contributed by atoms with E-state index in [-0.39, 0.29) is 12.2 Å². The fraction of sp³-hybridized carbons (Fsp3) is 1.00. The minimum Gasteiger partial charge on any atom is -0.390 e. The van der Waals surface area contributed by atoms with Gasteiger partial charge in [-0.05, 0) is 32.1 Å². The molecular formula is C13H26O2. The van der Waals surface area contributed by atoms with E-state index in [1.54, 1.807) is 0 Å². The van der Waals surface area contributed by atoms with Gasteiger partial charge in [-0.25, -0.2) is 0 Å². The highest BCUT2D eigenvalue weighted by molar-refractivity contribution is 4.83. The van der Waals surface area contributed by atoms with Gasteiger partial charge in [0.05, 0.1) is 12.2 Å². The molecule has 0 saturated heterocycles. The van der Waals surface area contributed by atoms with Gasteiger partial charge in [-0.1, -0.05) is 32.6 Å². The normalized spacial score (nSPS) is 31.2. The average Bonchev–Trinajstić information content (AvgIpc) is 2.28. The zero-order chi connectivity index (χ0) is 11.3. The van der Waals surface area contributed by atoms with E-state index in [1.807, 2.05) is 13.8 Å². The summed E-state index contributed by atoms with van der Waals surface area (Å²) in [6, 6.07) is 0. The third-order valence-corrected chi connectivity index (χ3v) is 3.84. The van der Waals surface area contributed by atoms with Crippen LogP contribution in [0.25, 0.3) is 0 Å². The lowest BCUT2D eigenvalue weighted by Gasteiger charge is -2.36. The maximum Gasteiger partial charge on any atom is 0.0829 e. The summed E-state index contributed by atoms with van der Waals surface area (Å²) in [5.41, 5.74) is 0. The zero-order valence-electron chi connectivity index (χ0n) is 10.4. The Bertz CT molecular complexity index is 170. The van der Waals surface area contributed by atoms with Gasteiger partial charge in [0.2, 0.25) is 0 Å². The molecule has 2 heteroatoms. The topological polar surface area (TPSA) is 29.5 Å². The van der Waals surface area contributed by atoms with Crippen molar-refractivity contribution in [2.24, 2.45) is 11.8 Å². The van der Waals surface area contributed by atoms with Crippen LogP contribution in [0.4, 0.5) is 0 Å². The van der Waals surface area contributed by atoms with Crippen LogP contribution in [0.5, 0.6) is 0 Å². The molecule has 0 radical (unpaired) electrons. The Labute approximate surface area is 94.0 Å². The van der Waals surface area contributed by atoms with Gasteiger partial charge in [-0.3, -0.25) is 0 Å². The second kappa shape index (κ2) is 6.49. The number of aliphatic hydroxyl groups excluding tert-OH is 1. The van der Waals surface area contributed by atoms with Gasteiger partial charge in [-0.2, -0.15) is 0 Å². The minimum atomic E-state index is -0.268. The predicted octanol–water partition coefficient (Wildman–Crippen LogP) is 2.99. The molecule has 0 bridgehead atoms. The van der Waals surface area contributed by atoms with Crippen LogP contribution in [0.3, 0.4) is 0 Å². The molecule has 90 valence electrons. The Balaban J connectivity index is 2.50. The maximum atomic E-state index is 10.3. The van der Waals surface area contributed by atoms with Crippen LogP contribution in [0.2, 0.25) is 0 Å². The molecule has 1 fully saturated rings. The number of aliphatic hydroxyl groups is 1. The third kappa shape index (κ3) is 3.46.